The number of hydrogen-bond acceptors (Lipinski definition) is 4. The van der Waals surface area contributed by atoms with Crippen molar-refractivity contribution in [1.29, 1.82) is 0 Å². The smallest absolute Gasteiger partial charge is 0.373 e. The van der Waals surface area contributed by atoms with Crippen LogP contribution in [0.1, 0.15) is 35.8 Å². The number of Topliss-reactive ketones (excluding diaryl/α,β-unsaturated/α-hetero) is 1. The van der Waals surface area contributed by atoms with Crippen LogP contribution in [0, 0.1) is 5.92 Å². The van der Waals surface area contributed by atoms with Crippen LogP contribution < -0.4 is 0 Å². The molecule has 3 rings (SSSR count). The molecule has 1 saturated carbocycles. The van der Waals surface area contributed by atoms with Crippen molar-refractivity contribution in [2.24, 2.45) is 5.92 Å². The van der Waals surface area contributed by atoms with Crippen molar-refractivity contribution in [3.8, 4) is 0 Å². The fourth-order valence-corrected chi connectivity index (χ4v) is 3.54. The lowest BCUT2D eigenvalue weighted by atomic mass is 9.69. The standard InChI is InChI=1S/C16H21F3O4/c1-9(16(17,18)19)4-5-11-14(2,23-11)13-12(21-3)10(20)6-7-15(13)8-22-15/h4,11-13H,5-8H2,1-3H3/b9-4+/t11-,12-,13-,14+,15+/m1/s1/i6D2. The van der Waals surface area contributed by atoms with Crippen LogP contribution in [-0.4, -0.2) is 49.1 Å². The van der Waals surface area contributed by atoms with Crippen LogP contribution in [0.3, 0.4) is 0 Å². The summed E-state index contributed by atoms with van der Waals surface area (Å²) in [6, 6.07) is 0. The Labute approximate surface area is 135 Å². The van der Waals surface area contributed by atoms with E-state index in [-0.39, 0.29) is 19.4 Å². The number of carbonyl (C=O) groups is 1. The topological polar surface area (TPSA) is 51.4 Å². The maximum atomic E-state index is 12.6. The highest BCUT2D eigenvalue weighted by molar-refractivity contribution is 5.85. The Morgan fingerprint density at radius 3 is 2.74 bits per heavy atom. The zero-order valence-corrected chi connectivity index (χ0v) is 13.2. The van der Waals surface area contributed by atoms with Gasteiger partial charge in [0.25, 0.3) is 0 Å². The maximum Gasteiger partial charge on any atom is 0.412 e. The first kappa shape index (κ1) is 14.4. The van der Waals surface area contributed by atoms with E-state index in [1.807, 2.05) is 0 Å². The molecule has 4 nitrogen and oxygen atoms in total. The lowest BCUT2D eigenvalue weighted by Crippen LogP contribution is -2.52. The Hall–Kier alpha value is -0.920. The number of rotatable bonds is 4. The number of ketones is 1. The van der Waals surface area contributed by atoms with E-state index in [0.717, 1.165) is 13.0 Å². The molecule has 0 aromatic carbocycles. The van der Waals surface area contributed by atoms with Crippen molar-refractivity contribution in [3.05, 3.63) is 11.6 Å². The summed E-state index contributed by atoms with van der Waals surface area (Å²) in [4.78, 5) is 12.4. The van der Waals surface area contributed by atoms with E-state index in [9.17, 15) is 18.0 Å². The lowest BCUT2D eigenvalue weighted by molar-refractivity contribution is -0.142. The first-order valence-electron chi connectivity index (χ1n) is 8.50. The third kappa shape index (κ3) is 2.83. The molecule has 3 fully saturated rings. The number of ether oxygens (including phenoxy) is 3. The summed E-state index contributed by atoms with van der Waals surface area (Å²) in [5.74, 6) is -1.22. The van der Waals surface area contributed by atoms with E-state index in [4.69, 9.17) is 17.0 Å². The molecule has 0 amide bonds. The van der Waals surface area contributed by atoms with Crippen LogP contribution in [-0.2, 0) is 19.0 Å². The van der Waals surface area contributed by atoms with Gasteiger partial charge in [-0.05, 0) is 26.7 Å². The number of halogens is 3. The number of alkyl halides is 3. The Balaban J connectivity index is 1.80. The summed E-state index contributed by atoms with van der Waals surface area (Å²) in [5, 5.41) is 0. The van der Waals surface area contributed by atoms with Gasteiger partial charge in [0.1, 0.15) is 17.3 Å². The third-order valence-electron chi connectivity index (χ3n) is 5.14. The number of hydrogen-bond donors (Lipinski definition) is 0. The minimum atomic E-state index is -4.38. The highest BCUT2D eigenvalue weighted by Crippen LogP contribution is 2.58. The van der Waals surface area contributed by atoms with Crippen molar-refractivity contribution in [1.82, 2.24) is 0 Å². The molecule has 0 N–H and O–H groups in total. The first-order valence-corrected chi connectivity index (χ1v) is 7.50. The van der Waals surface area contributed by atoms with Gasteiger partial charge in [-0.1, -0.05) is 6.08 Å². The SMILES string of the molecule is [2H]C1([2H])C[C@]2(CO2)[C@@H]([C@@]2(C)O[C@@H]2C/C=C(\C)C(F)(F)F)[C@H](OC)C1=O. The van der Waals surface area contributed by atoms with Crippen LogP contribution >= 0.6 is 0 Å². The second kappa shape index (κ2) is 5.29. The van der Waals surface area contributed by atoms with E-state index in [0.29, 0.717) is 0 Å². The lowest BCUT2D eigenvalue weighted by Gasteiger charge is -2.37. The summed E-state index contributed by atoms with van der Waals surface area (Å²) in [5.41, 5.74) is -2.43. The highest BCUT2D eigenvalue weighted by atomic mass is 19.4. The Kier molecular flexibility index (Phi) is 3.32. The Morgan fingerprint density at radius 1 is 1.57 bits per heavy atom. The molecule has 23 heavy (non-hydrogen) atoms. The van der Waals surface area contributed by atoms with Gasteiger partial charge in [0.05, 0.1) is 18.6 Å². The maximum absolute atomic E-state index is 12.6. The average Bonchev–Trinajstić information content (AvgIpc) is 3.38. The monoisotopic (exact) mass is 336 g/mol. The predicted molar refractivity (Wildman–Crippen MR) is 74.9 cm³/mol. The molecule has 3 aliphatic rings. The third-order valence-corrected chi connectivity index (χ3v) is 5.14. The fourth-order valence-electron chi connectivity index (χ4n) is 3.54. The normalized spacial score (nSPS) is 47.3. The van der Waals surface area contributed by atoms with E-state index in [1.54, 1.807) is 6.92 Å². The number of epoxide rings is 2. The van der Waals surface area contributed by atoms with Gasteiger partial charge in [-0.3, -0.25) is 4.79 Å². The zero-order chi connectivity index (χ0) is 18.8. The molecule has 130 valence electrons. The Morgan fingerprint density at radius 2 is 2.22 bits per heavy atom. The molecule has 2 heterocycles. The van der Waals surface area contributed by atoms with Gasteiger partial charge in [0, 0.05) is 21.8 Å². The van der Waals surface area contributed by atoms with E-state index < -0.39 is 53.2 Å². The minimum absolute atomic E-state index is 0.0614. The van der Waals surface area contributed by atoms with Gasteiger partial charge in [0.15, 0.2) is 5.78 Å². The molecular weight excluding hydrogens is 313 g/mol. The van der Waals surface area contributed by atoms with Crippen molar-refractivity contribution >= 4 is 5.78 Å². The zero-order valence-electron chi connectivity index (χ0n) is 15.2. The molecule has 0 radical (unpaired) electrons. The van der Waals surface area contributed by atoms with Crippen LogP contribution in [0.2, 0.25) is 0 Å². The van der Waals surface area contributed by atoms with Gasteiger partial charge in [-0.2, -0.15) is 13.2 Å². The van der Waals surface area contributed by atoms with Crippen molar-refractivity contribution in [2.75, 3.05) is 13.7 Å². The minimum Gasteiger partial charge on any atom is -0.373 e. The van der Waals surface area contributed by atoms with Crippen LogP contribution in [0.15, 0.2) is 11.6 Å². The molecular formula is C16H21F3O4. The molecule has 0 aromatic heterocycles. The van der Waals surface area contributed by atoms with Gasteiger partial charge >= 0.3 is 6.18 Å². The van der Waals surface area contributed by atoms with Gasteiger partial charge in [0.2, 0.25) is 0 Å². The first-order chi connectivity index (χ1) is 11.4. The van der Waals surface area contributed by atoms with E-state index >= 15 is 0 Å². The van der Waals surface area contributed by atoms with Gasteiger partial charge < -0.3 is 14.2 Å². The fraction of sp³-hybridized carbons (Fsp3) is 0.812. The number of methoxy groups -OCH3 is 1. The highest BCUT2D eigenvalue weighted by Gasteiger charge is 2.71. The summed E-state index contributed by atoms with van der Waals surface area (Å²) in [6.07, 6.45) is -6.92. The molecule has 1 spiro atoms. The molecule has 0 bridgehead atoms. The molecule has 0 unspecified atom stereocenters. The number of allylic oxidation sites excluding steroid dienone is 1. The van der Waals surface area contributed by atoms with Crippen LogP contribution in [0.5, 0.6) is 0 Å². The second-order valence-corrected chi connectivity index (χ2v) is 6.62. The second-order valence-electron chi connectivity index (χ2n) is 6.62. The van der Waals surface area contributed by atoms with E-state index in [2.05, 4.69) is 0 Å². The average molecular weight is 336 g/mol. The summed E-state index contributed by atoms with van der Waals surface area (Å²) in [7, 11) is 1.32. The summed E-state index contributed by atoms with van der Waals surface area (Å²) >= 11 is 0. The molecule has 0 aromatic rings. The Bertz CT molecular complexity index is 615. The molecule has 2 saturated heterocycles. The molecule has 2 aliphatic heterocycles. The number of carbonyl (C=O) groups excluding carboxylic acids is 1. The summed E-state index contributed by atoms with van der Waals surface area (Å²) in [6.45, 7) is 3.01. The predicted octanol–water partition coefficient (Wildman–Crippen LogP) is 2.81. The quantitative estimate of drug-likeness (QED) is 0.585. The van der Waals surface area contributed by atoms with Gasteiger partial charge in [-0.15, -0.1) is 0 Å². The van der Waals surface area contributed by atoms with Crippen molar-refractivity contribution in [2.45, 2.75) is 62.6 Å². The summed E-state index contributed by atoms with van der Waals surface area (Å²) < 4.78 is 70.2. The van der Waals surface area contributed by atoms with Crippen LogP contribution in [0.4, 0.5) is 13.2 Å². The van der Waals surface area contributed by atoms with Gasteiger partial charge in [-0.25, -0.2) is 0 Å². The van der Waals surface area contributed by atoms with E-state index in [1.165, 1.54) is 7.11 Å². The van der Waals surface area contributed by atoms with Crippen molar-refractivity contribution in [3.63, 3.8) is 0 Å². The largest absolute Gasteiger partial charge is 0.412 e. The molecule has 7 heteroatoms. The van der Waals surface area contributed by atoms with Crippen LogP contribution in [0.25, 0.3) is 0 Å². The molecule has 1 aliphatic carbocycles. The molecule has 5 atom stereocenters. The van der Waals surface area contributed by atoms with Crippen molar-refractivity contribution < 1.29 is 34.9 Å².